The van der Waals surface area contributed by atoms with Gasteiger partial charge in [-0.1, -0.05) is 6.42 Å². The minimum absolute atomic E-state index is 0.0709. The van der Waals surface area contributed by atoms with Gasteiger partial charge in [-0.05, 0) is 31.6 Å². The standard InChI is InChI=1S/C11H20O3/c12-11-3-1-2-9(11)4-7-14-10-5-6-13-8-10/h9-12H,1-8H2. The smallest absolute Gasteiger partial charge is 0.0830 e. The number of hydrogen-bond donors (Lipinski definition) is 1. The zero-order chi connectivity index (χ0) is 9.80. The van der Waals surface area contributed by atoms with Crippen LogP contribution in [-0.2, 0) is 9.47 Å². The van der Waals surface area contributed by atoms with E-state index in [0.717, 1.165) is 39.1 Å². The van der Waals surface area contributed by atoms with Crippen molar-refractivity contribution in [2.24, 2.45) is 5.92 Å². The number of hydrogen-bond acceptors (Lipinski definition) is 3. The molecule has 0 aromatic heterocycles. The molecule has 1 heterocycles. The highest BCUT2D eigenvalue weighted by Gasteiger charge is 2.25. The highest BCUT2D eigenvalue weighted by molar-refractivity contribution is 4.76. The van der Waals surface area contributed by atoms with E-state index in [2.05, 4.69) is 0 Å². The minimum Gasteiger partial charge on any atom is -0.393 e. The predicted molar refractivity (Wildman–Crippen MR) is 53.1 cm³/mol. The lowest BCUT2D eigenvalue weighted by atomic mass is 10.0. The van der Waals surface area contributed by atoms with Gasteiger partial charge >= 0.3 is 0 Å². The van der Waals surface area contributed by atoms with Crippen molar-refractivity contribution in [3.63, 3.8) is 0 Å². The fourth-order valence-electron chi connectivity index (χ4n) is 2.38. The second-order valence-corrected chi connectivity index (χ2v) is 4.40. The topological polar surface area (TPSA) is 38.7 Å². The summed E-state index contributed by atoms with van der Waals surface area (Å²) in [6.45, 7) is 2.39. The molecule has 2 aliphatic rings. The second-order valence-electron chi connectivity index (χ2n) is 4.40. The van der Waals surface area contributed by atoms with Gasteiger partial charge in [0.25, 0.3) is 0 Å². The minimum atomic E-state index is -0.0709. The van der Waals surface area contributed by atoms with Crippen molar-refractivity contribution in [2.75, 3.05) is 19.8 Å². The average Bonchev–Trinajstić information content (AvgIpc) is 2.78. The Labute approximate surface area is 85.4 Å². The van der Waals surface area contributed by atoms with Crippen LogP contribution in [0.15, 0.2) is 0 Å². The molecule has 0 amide bonds. The van der Waals surface area contributed by atoms with Gasteiger partial charge < -0.3 is 14.6 Å². The van der Waals surface area contributed by atoms with Crippen molar-refractivity contribution in [3.05, 3.63) is 0 Å². The van der Waals surface area contributed by atoms with Gasteiger partial charge in [-0.2, -0.15) is 0 Å². The van der Waals surface area contributed by atoms with Crippen molar-refractivity contribution in [3.8, 4) is 0 Å². The van der Waals surface area contributed by atoms with Gasteiger partial charge in [-0.15, -0.1) is 0 Å². The fraction of sp³-hybridized carbons (Fsp3) is 1.00. The first-order chi connectivity index (χ1) is 6.86. The molecule has 0 bridgehead atoms. The summed E-state index contributed by atoms with van der Waals surface area (Å²) in [5.74, 6) is 0.484. The molecule has 3 heteroatoms. The number of aliphatic hydroxyl groups excluding tert-OH is 1. The summed E-state index contributed by atoms with van der Waals surface area (Å²) < 4.78 is 10.9. The first kappa shape index (κ1) is 10.4. The van der Waals surface area contributed by atoms with E-state index in [9.17, 15) is 5.11 Å². The Bertz CT molecular complexity index is 166. The van der Waals surface area contributed by atoms with Crippen molar-refractivity contribution in [2.45, 2.75) is 44.3 Å². The Hall–Kier alpha value is -0.120. The van der Waals surface area contributed by atoms with Crippen LogP contribution in [0.2, 0.25) is 0 Å². The van der Waals surface area contributed by atoms with E-state index in [-0.39, 0.29) is 6.10 Å². The Morgan fingerprint density at radius 2 is 2.21 bits per heavy atom. The van der Waals surface area contributed by atoms with E-state index < -0.39 is 0 Å². The Balaban J connectivity index is 1.57. The monoisotopic (exact) mass is 200 g/mol. The van der Waals surface area contributed by atoms with Gasteiger partial charge in [0.1, 0.15) is 0 Å². The van der Waals surface area contributed by atoms with Crippen LogP contribution >= 0.6 is 0 Å². The first-order valence-electron chi connectivity index (χ1n) is 5.73. The van der Waals surface area contributed by atoms with Crippen molar-refractivity contribution < 1.29 is 14.6 Å². The highest BCUT2D eigenvalue weighted by atomic mass is 16.5. The van der Waals surface area contributed by atoms with Crippen LogP contribution in [-0.4, -0.2) is 37.1 Å². The molecule has 0 spiro atoms. The SMILES string of the molecule is OC1CCCC1CCOC1CCOC1. The summed E-state index contributed by atoms with van der Waals surface area (Å²) in [6.07, 6.45) is 5.62. The second kappa shape index (κ2) is 5.10. The zero-order valence-corrected chi connectivity index (χ0v) is 8.65. The average molecular weight is 200 g/mol. The first-order valence-corrected chi connectivity index (χ1v) is 5.73. The van der Waals surface area contributed by atoms with E-state index >= 15 is 0 Å². The maximum absolute atomic E-state index is 9.60. The molecule has 3 unspecified atom stereocenters. The van der Waals surface area contributed by atoms with Crippen molar-refractivity contribution in [1.29, 1.82) is 0 Å². The summed E-state index contributed by atoms with van der Waals surface area (Å²) in [5.41, 5.74) is 0. The molecule has 82 valence electrons. The van der Waals surface area contributed by atoms with E-state index in [1.807, 2.05) is 0 Å². The van der Waals surface area contributed by atoms with E-state index in [0.29, 0.717) is 12.0 Å². The Morgan fingerprint density at radius 1 is 1.29 bits per heavy atom. The molecule has 2 fully saturated rings. The number of rotatable bonds is 4. The lowest BCUT2D eigenvalue weighted by Gasteiger charge is -2.15. The molecular weight excluding hydrogens is 180 g/mol. The van der Waals surface area contributed by atoms with Crippen LogP contribution in [0, 0.1) is 5.92 Å². The lowest BCUT2D eigenvalue weighted by Crippen LogP contribution is -2.18. The van der Waals surface area contributed by atoms with Crippen LogP contribution in [0.3, 0.4) is 0 Å². The molecule has 1 N–H and O–H groups in total. The third-order valence-electron chi connectivity index (χ3n) is 3.35. The molecule has 1 aliphatic carbocycles. The normalized spacial score (nSPS) is 37.9. The zero-order valence-electron chi connectivity index (χ0n) is 8.65. The molecule has 2 rings (SSSR count). The van der Waals surface area contributed by atoms with Gasteiger partial charge in [0.15, 0.2) is 0 Å². The fourth-order valence-corrected chi connectivity index (χ4v) is 2.38. The van der Waals surface area contributed by atoms with Crippen molar-refractivity contribution in [1.82, 2.24) is 0 Å². The molecule has 3 nitrogen and oxygen atoms in total. The maximum atomic E-state index is 9.60. The van der Waals surface area contributed by atoms with E-state index in [4.69, 9.17) is 9.47 Å². The summed E-state index contributed by atoms with van der Waals surface area (Å²) in [7, 11) is 0. The quantitative estimate of drug-likeness (QED) is 0.744. The van der Waals surface area contributed by atoms with Gasteiger partial charge in [0.05, 0.1) is 18.8 Å². The predicted octanol–water partition coefficient (Wildman–Crippen LogP) is 1.34. The molecule has 0 radical (unpaired) electrons. The number of ether oxygens (including phenoxy) is 2. The highest BCUT2D eigenvalue weighted by Crippen LogP contribution is 2.28. The summed E-state index contributed by atoms with van der Waals surface area (Å²) in [4.78, 5) is 0. The van der Waals surface area contributed by atoms with Gasteiger partial charge in [0.2, 0.25) is 0 Å². The Morgan fingerprint density at radius 3 is 2.86 bits per heavy atom. The Kier molecular flexibility index (Phi) is 3.79. The van der Waals surface area contributed by atoms with Crippen LogP contribution < -0.4 is 0 Å². The number of aliphatic hydroxyl groups is 1. The molecule has 3 atom stereocenters. The summed E-state index contributed by atoms with van der Waals surface area (Å²) in [5, 5.41) is 9.60. The van der Waals surface area contributed by atoms with Gasteiger partial charge in [-0.25, -0.2) is 0 Å². The molecular formula is C11H20O3. The molecule has 1 saturated carbocycles. The molecule has 0 aromatic rings. The van der Waals surface area contributed by atoms with Crippen LogP contribution in [0.5, 0.6) is 0 Å². The molecule has 1 saturated heterocycles. The van der Waals surface area contributed by atoms with Crippen LogP contribution in [0.25, 0.3) is 0 Å². The maximum Gasteiger partial charge on any atom is 0.0830 e. The third kappa shape index (κ3) is 2.69. The largest absolute Gasteiger partial charge is 0.393 e. The van der Waals surface area contributed by atoms with Gasteiger partial charge in [0, 0.05) is 13.2 Å². The third-order valence-corrected chi connectivity index (χ3v) is 3.35. The molecule has 1 aliphatic heterocycles. The van der Waals surface area contributed by atoms with E-state index in [1.54, 1.807) is 0 Å². The molecule has 14 heavy (non-hydrogen) atoms. The molecule has 0 aromatic carbocycles. The van der Waals surface area contributed by atoms with Crippen LogP contribution in [0.4, 0.5) is 0 Å². The van der Waals surface area contributed by atoms with E-state index in [1.165, 1.54) is 12.8 Å². The summed E-state index contributed by atoms with van der Waals surface area (Å²) in [6, 6.07) is 0. The lowest BCUT2D eigenvalue weighted by molar-refractivity contribution is 0.0248. The summed E-state index contributed by atoms with van der Waals surface area (Å²) >= 11 is 0. The van der Waals surface area contributed by atoms with Crippen molar-refractivity contribution >= 4 is 0 Å². The van der Waals surface area contributed by atoms with Crippen LogP contribution in [0.1, 0.15) is 32.1 Å². The van der Waals surface area contributed by atoms with Gasteiger partial charge in [-0.3, -0.25) is 0 Å².